The predicted molar refractivity (Wildman–Crippen MR) is 100 cm³/mol. The quantitative estimate of drug-likeness (QED) is 0.764. The van der Waals surface area contributed by atoms with Gasteiger partial charge in [0.15, 0.2) is 0 Å². The molecule has 2 N–H and O–H groups in total. The van der Waals surface area contributed by atoms with Crippen LogP contribution in [0.3, 0.4) is 0 Å². The molecule has 1 saturated heterocycles. The number of benzene rings is 2. The van der Waals surface area contributed by atoms with Crippen LogP contribution in [0.2, 0.25) is 0 Å². The molecule has 5 heteroatoms. The number of primary amides is 1. The Balaban J connectivity index is 1.67. The molecule has 0 saturated carbocycles. The molecule has 1 aromatic heterocycles. The smallest absolute Gasteiger partial charge is 0.287 e. The Bertz CT molecular complexity index is 926. The zero-order valence-corrected chi connectivity index (χ0v) is 14.5. The maximum atomic E-state index is 11.2. The first-order chi connectivity index (χ1) is 12.7. The fourth-order valence-electron chi connectivity index (χ4n) is 3.49. The van der Waals surface area contributed by atoms with Crippen LogP contribution in [-0.2, 0) is 6.54 Å². The summed E-state index contributed by atoms with van der Waals surface area (Å²) in [7, 11) is 0. The first-order valence-corrected chi connectivity index (χ1v) is 8.88. The van der Waals surface area contributed by atoms with Gasteiger partial charge in [0, 0.05) is 18.2 Å². The Morgan fingerprint density at radius 1 is 1.04 bits per heavy atom. The summed E-state index contributed by atoms with van der Waals surface area (Å²) in [5.41, 5.74) is 10.4. The van der Waals surface area contributed by atoms with Crippen molar-refractivity contribution in [2.45, 2.75) is 19.4 Å². The number of rotatable bonds is 5. The van der Waals surface area contributed by atoms with E-state index in [2.05, 4.69) is 46.5 Å². The van der Waals surface area contributed by atoms with Gasteiger partial charge in [-0.2, -0.15) is 0 Å². The van der Waals surface area contributed by atoms with Crippen molar-refractivity contribution in [3.05, 3.63) is 65.9 Å². The van der Waals surface area contributed by atoms with Crippen LogP contribution in [0, 0.1) is 0 Å². The second-order valence-electron chi connectivity index (χ2n) is 6.66. The van der Waals surface area contributed by atoms with E-state index in [0.29, 0.717) is 5.69 Å². The van der Waals surface area contributed by atoms with E-state index < -0.39 is 5.91 Å². The van der Waals surface area contributed by atoms with E-state index in [-0.39, 0.29) is 5.76 Å². The van der Waals surface area contributed by atoms with Gasteiger partial charge in [0.25, 0.3) is 5.91 Å². The second-order valence-corrected chi connectivity index (χ2v) is 6.66. The lowest BCUT2D eigenvalue weighted by atomic mass is 9.97. The Morgan fingerprint density at radius 3 is 2.58 bits per heavy atom. The Morgan fingerprint density at radius 2 is 1.81 bits per heavy atom. The third-order valence-electron chi connectivity index (χ3n) is 4.83. The van der Waals surface area contributed by atoms with E-state index in [4.69, 9.17) is 10.3 Å². The number of carbonyl (C=O) groups is 1. The van der Waals surface area contributed by atoms with Crippen molar-refractivity contribution in [1.82, 2.24) is 10.1 Å². The van der Waals surface area contributed by atoms with Gasteiger partial charge < -0.3 is 10.3 Å². The van der Waals surface area contributed by atoms with Crippen molar-refractivity contribution in [3.8, 4) is 22.4 Å². The van der Waals surface area contributed by atoms with Gasteiger partial charge in [-0.05, 0) is 48.7 Å². The minimum absolute atomic E-state index is 0.0693. The first kappa shape index (κ1) is 16.5. The van der Waals surface area contributed by atoms with E-state index in [1.807, 2.05) is 12.1 Å². The summed E-state index contributed by atoms with van der Waals surface area (Å²) in [6.07, 6.45) is 2.57. The largest absolute Gasteiger partial charge is 0.363 e. The van der Waals surface area contributed by atoms with E-state index in [0.717, 1.165) is 17.7 Å². The van der Waals surface area contributed by atoms with Crippen molar-refractivity contribution in [2.24, 2.45) is 5.73 Å². The van der Waals surface area contributed by atoms with E-state index >= 15 is 0 Å². The normalized spacial score (nSPS) is 14.6. The molecule has 0 spiro atoms. The maximum absolute atomic E-state index is 11.2. The van der Waals surface area contributed by atoms with Gasteiger partial charge in [0.1, 0.15) is 5.69 Å². The van der Waals surface area contributed by atoms with Crippen molar-refractivity contribution in [3.63, 3.8) is 0 Å². The molecule has 1 fully saturated rings. The molecular formula is C21H21N3O2. The molecule has 3 aromatic rings. The summed E-state index contributed by atoms with van der Waals surface area (Å²) in [4.78, 5) is 13.7. The fraction of sp³-hybridized carbons (Fsp3) is 0.238. The molecule has 1 aliphatic rings. The standard InChI is InChI=1S/C21H21N3O2/c22-21(25)20-13-19(23-26-20)16-8-5-7-15(12-16)18-9-2-1-6-17(18)14-24-10-3-4-11-24/h1-2,5-9,12-13H,3-4,10-11,14H2,(H2,22,25). The summed E-state index contributed by atoms with van der Waals surface area (Å²) >= 11 is 0. The van der Waals surface area contributed by atoms with Gasteiger partial charge >= 0.3 is 0 Å². The van der Waals surface area contributed by atoms with Crippen LogP contribution in [0.25, 0.3) is 22.4 Å². The molecule has 1 amide bonds. The van der Waals surface area contributed by atoms with Crippen LogP contribution in [0.15, 0.2) is 59.1 Å². The molecule has 2 aromatic carbocycles. The molecular weight excluding hydrogens is 326 g/mol. The zero-order valence-electron chi connectivity index (χ0n) is 14.5. The van der Waals surface area contributed by atoms with Crippen LogP contribution in [0.1, 0.15) is 29.0 Å². The van der Waals surface area contributed by atoms with Crippen molar-refractivity contribution in [1.29, 1.82) is 0 Å². The molecule has 5 nitrogen and oxygen atoms in total. The van der Waals surface area contributed by atoms with Gasteiger partial charge in [0.2, 0.25) is 5.76 Å². The Labute approximate surface area is 152 Å². The summed E-state index contributed by atoms with van der Waals surface area (Å²) in [6, 6.07) is 18.2. The number of amides is 1. The molecule has 0 radical (unpaired) electrons. The molecule has 132 valence electrons. The third kappa shape index (κ3) is 3.39. The lowest BCUT2D eigenvalue weighted by Gasteiger charge is -2.17. The average molecular weight is 347 g/mol. The van der Waals surface area contributed by atoms with Gasteiger partial charge in [-0.1, -0.05) is 47.6 Å². The van der Waals surface area contributed by atoms with Crippen LogP contribution in [-0.4, -0.2) is 29.1 Å². The third-order valence-corrected chi connectivity index (χ3v) is 4.83. The monoisotopic (exact) mass is 347 g/mol. The highest BCUT2D eigenvalue weighted by Crippen LogP contribution is 2.29. The van der Waals surface area contributed by atoms with Crippen LogP contribution >= 0.6 is 0 Å². The second kappa shape index (κ2) is 7.14. The maximum Gasteiger partial charge on any atom is 0.287 e. The highest BCUT2D eigenvalue weighted by Gasteiger charge is 2.15. The molecule has 1 aliphatic heterocycles. The zero-order chi connectivity index (χ0) is 17.9. The highest BCUT2D eigenvalue weighted by molar-refractivity contribution is 5.91. The minimum Gasteiger partial charge on any atom is -0.363 e. The summed E-state index contributed by atoms with van der Waals surface area (Å²) in [5, 5.41) is 3.96. The molecule has 26 heavy (non-hydrogen) atoms. The average Bonchev–Trinajstić information content (AvgIpc) is 3.34. The summed E-state index contributed by atoms with van der Waals surface area (Å²) in [5.74, 6) is -0.546. The summed E-state index contributed by atoms with van der Waals surface area (Å²) < 4.78 is 5.01. The fourth-order valence-corrected chi connectivity index (χ4v) is 3.49. The minimum atomic E-state index is -0.615. The number of hydrogen-bond acceptors (Lipinski definition) is 4. The van der Waals surface area contributed by atoms with Crippen LogP contribution < -0.4 is 5.73 Å². The van der Waals surface area contributed by atoms with Crippen LogP contribution in [0.5, 0.6) is 0 Å². The number of nitrogens with zero attached hydrogens (tertiary/aromatic N) is 2. The molecule has 0 unspecified atom stereocenters. The molecule has 4 rings (SSSR count). The van der Waals surface area contributed by atoms with E-state index in [1.54, 1.807) is 6.07 Å². The van der Waals surface area contributed by atoms with Gasteiger partial charge in [0.05, 0.1) is 0 Å². The number of aromatic nitrogens is 1. The number of nitrogens with two attached hydrogens (primary N) is 1. The SMILES string of the molecule is NC(=O)c1cc(-c2cccc(-c3ccccc3CN3CCCC3)c2)no1. The Hall–Kier alpha value is -2.92. The molecule has 2 heterocycles. The molecule has 0 aliphatic carbocycles. The van der Waals surface area contributed by atoms with E-state index in [9.17, 15) is 4.79 Å². The Kier molecular flexibility index (Phi) is 4.54. The van der Waals surface area contributed by atoms with Crippen molar-refractivity contribution < 1.29 is 9.32 Å². The van der Waals surface area contributed by atoms with Crippen LogP contribution in [0.4, 0.5) is 0 Å². The molecule has 0 bridgehead atoms. The van der Waals surface area contributed by atoms with Gasteiger partial charge in [-0.15, -0.1) is 0 Å². The number of likely N-dealkylation sites (tertiary alicyclic amines) is 1. The number of hydrogen-bond donors (Lipinski definition) is 1. The van der Waals surface area contributed by atoms with Gasteiger partial charge in [-0.3, -0.25) is 9.69 Å². The summed E-state index contributed by atoms with van der Waals surface area (Å²) in [6.45, 7) is 3.31. The topological polar surface area (TPSA) is 72.4 Å². The number of carbonyl (C=O) groups excluding carboxylic acids is 1. The van der Waals surface area contributed by atoms with Gasteiger partial charge in [-0.25, -0.2) is 0 Å². The predicted octanol–water partition coefficient (Wildman–Crippen LogP) is 3.70. The lowest BCUT2D eigenvalue weighted by molar-refractivity contribution is 0.0965. The lowest BCUT2D eigenvalue weighted by Crippen LogP contribution is -2.18. The molecule has 0 atom stereocenters. The van der Waals surface area contributed by atoms with Crippen molar-refractivity contribution >= 4 is 5.91 Å². The van der Waals surface area contributed by atoms with E-state index in [1.165, 1.54) is 37.1 Å². The first-order valence-electron chi connectivity index (χ1n) is 8.88. The van der Waals surface area contributed by atoms with Crippen molar-refractivity contribution in [2.75, 3.05) is 13.1 Å². The highest BCUT2D eigenvalue weighted by atomic mass is 16.5.